The zero-order valence-corrected chi connectivity index (χ0v) is 33.9. The first kappa shape index (κ1) is 39.7. The van der Waals surface area contributed by atoms with Crippen LogP contribution in [0.5, 0.6) is 11.5 Å². The van der Waals surface area contributed by atoms with Crippen LogP contribution in [0.2, 0.25) is 0 Å². The molecule has 2 aromatic heterocycles. The highest BCUT2D eigenvalue weighted by molar-refractivity contribution is 6.23. The molecule has 314 valence electrons. The SMILES string of the molecule is CN1CCN(C2CN(C(=O)N3CCC(n4nc(-c5ccc(Oc6ccccc6)cc5)c5c(N)ncnc54)CC3)C2)CC1.O=C1CCC(N2C(=O)c3ccccc3C2=O)C(=O)N1. The molecular weight excluding hydrogens is 779 g/mol. The van der Waals surface area contributed by atoms with Crippen molar-refractivity contribution in [2.75, 3.05) is 65.1 Å². The van der Waals surface area contributed by atoms with Gasteiger partial charge in [0.15, 0.2) is 5.65 Å². The number of imide groups is 2. The van der Waals surface area contributed by atoms with Gasteiger partial charge in [0.1, 0.15) is 35.4 Å². The lowest BCUT2D eigenvalue weighted by atomic mass is 10.0. The molecule has 10 rings (SSSR count). The highest BCUT2D eigenvalue weighted by Gasteiger charge is 2.44. The minimum absolute atomic E-state index is 0.120. The van der Waals surface area contributed by atoms with E-state index in [1.165, 1.54) is 6.33 Å². The third-order valence-corrected chi connectivity index (χ3v) is 12.2. The summed E-state index contributed by atoms with van der Waals surface area (Å²) >= 11 is 0. The minimum Gasteiger partial charge on any atom is -0.457 e. The summed E-state index contributed by atoms with van der Waals surface area (Å²) in [5.74, 6) is 0.0124. The Morgan fingerprint density at radius 2 is 1.38 bits per heavy atom. The van der Waals surface area contributed by atoms with Gasteiger partial charge in [-0.15, -0.1) is 0 Å². The molecular formula is C44H47N11O6. The predicted octanol–water partition coefficient (Wildman–Crippen LogP) is 3.64. The fourth-order valence-electron chi connectivity index (χ4n) is 8.71. The Labute approximate surface area is 352 Å². The number of carbonyl (C=O) groups is 5. The summed E-state index contributed by atoms with van der Waals surface area (Å²) < 4.78 is 7.96. The lowest BCUT2D eigenvalue weighted by Gasteiger charge is -2.49. The summed E-state index contributed by atoms with van der Waals surface area (Å²) in [7, 11) is 2.17. The maximum Gasteiger partial charge on any atom is 0.320 e. The monoisotopic (exact) mass is 825 g/mol. The van der Waals surface area contributed by atoms with Gasteiger partial charge in [0.2, 0.25) is 11.8 Å². The molecule has 0 saturated carbocycles. The third-order valence-electron chi connectivity index (χ3n) is 12.2. The van der Waals surface area contributed by atoms with Gasteiger partial charge >= 0.3 is 6.03 Å². The number of urea groups is 1. The zero-order valence-electron chi connectivity index (χ0n) is 33.9. The number of likely N-dealkylation sites (tertiary alicyclic amines) is 2. The molecule has 17 heteroatoms. The van der Waals surface area contributed by atoms with E-state index in [4.69, 9.17) is 15.6 Å². The van der Waals surface area contributed by atoms with Gasteiger partial charge in [0.25, 0.3) is 11.8 Å². The first-order valence-electron chi connectivity index (χ1n) is 20.7. The Balaban J connectivity index is 0.000000209. The van der Waals surface area contributed by atoms with Crippen molar-refractivity contribution in [2.24, 2.45) is 0 Å². The molecule has 0 spiro atoms. The molecule has 1 atom stereocenters. The molecule has 0 aliphatic carbocycles. The number of para-hydroxylation sites is 1. The number of fused-ring (bicyclic) bond motifs is 2. The zero-order chi connectivity index (χ0) is 42.2. The Kier molecular flexibility index (Phi) is 10.9. The van der Waals surface area contributed by atoms with Crippen LogP contribution in [-0.2, 0) is 9.59 Å². The number of nitrogen functional groups attached to an aromatic ring is 1. The van der Waals surface area contributed by atoms with E-state index >= 15 is 0 Å². The van der Waals surface area contributed by atoms with Gasteiger partial charge in [-0.2, -0.15) is 5.10 Å². The van der Waals surface area contributed by atoms with Crippen LogP contribution in [0.15, 0.2) is 85.2 Å². The number of rotatable bonds is 6. The average Bonchev–Trinajstić information content (AvgIpc) is 3.77. The van der Waals surface area contributed by atoms with Gasteiger partial charge in [0.05, 0.1) is 22.6 Å². The van der Waals surface area contributed by atoms with E-state index < -0.39 is 23.8 Å². The van der Waals surface area contributed by atoms with Crippen LogP contribution in [0.25, 0.3) is 22.3 Å². The number of piperidine rings is 2. The molecule has 5 aromatic rings. The minimum atomic E-state index is -0.898. The molecule has 6 amide bonds. The quantitative estimate of drug-likeness (QED) is 0.237. The molecule has 3 N–H and O–H groups in total. The maximum absolute atomic E-state index is 13.2. The molecule has 4 saturated heterocycles. The number of anilines is 1. The fourth-order valence-corrected chi connectivity index (χ4v) is 8.71. The van der Waals surface area contributed by atoms with Crippen LogP contribution in [0.3, 0.4) is 0 Å². The molecule has 0 radical (unpaired) electrons. The summed E-state index contributed by atoms with van der Waals surface area (Å²) in [5.41, 5.74) is 9.37. The van der Waals surface area contributed by atoms with Gasteiger partial charge in [-0.25, -0.2) is 19.4 Å². The average molecular weight is 826 g/mol. The van der Waals surface area contributed by atoms with Crippen LogP contribution < -0.4 is 15.8 Å². The van der Waals surface area contributed by atoms with Gasteiger partial charge in [-0.3, -0.25) is 34.3 Å². The summed E-state index contributed by atoms with van der Waals surface area (Å²) in [6.45, 7) is 7.45. The lowest BCUT2D eigenvalue weighted by Crippen LogP contribution is -2.66. The highest BCUT2D eigenvalue weighted by atomic mass is 16.5. The van der Waals surface area contributed by atoms with Crippen molar-refractivity contribution in [3.63, 3.8) is 0 Å². The van der Waals surface area contributed by atoms with E-state index in [2.05, 4.69) is 32.1 Å². The molecule has 1 unspecified atom stereocenters. The molecule has 4 fully saturated rings. The van der Waals surface area contributed by atoms with E-state index in [9.17, 15) is 24.0 Å². The number of ether oxygens (including phenoxy) is 1. The second kappa shape index (κ2) is 16.7. The number of piperazine rings is 1. The van der Waals surface area contributed by atoms with Crippen LogP contribution in [0, 0.1) is 0 Å². The number of likely N-dealkylation sites (N-methyl/N-ethyl adjacent to an activating group) is 1. The Hall–Kier alpha value is -6.72. The summed E-state index contributed by atoms with van der Waals surface area (Å²) in [5, 5.41) is 7.93. The van der Waals surface area contributed by atoms with Crippen LogP contribution in [-0.4, -0.2) is 145 Å². The van der Waals surface area contributed by atoms with E-state index in [1.807, 2.05) is 69.1 Å². The Bertz CT molecular complexity index is 2440. The van der Waals surface area contributed by atoms with Gasteiger partial charge < -0.3 is 25.2 Å². The fraction of sp³-hybridized carbons (Fsp3) is 0.364. The number of carbonyl (C=O) groups excluding carboxylic acids is 5. The lowest BCUT2D eigenvalue weighted by molar-refractivity contribution is -0.136. The van der Waals surface area contributed by atoms with Crippen molar-refractivity contribution >= 4 is 46.5 Å². The number of hydrogen-bond donors (Lipinski definition) is 2. The van der Waals surface area contributed by atoms with E-state index in [0.717, 1.165) is 90.8 Å². The number of amides is 6. The largest absolute Gasteiger partial charge is 0.457 e. The van der Waals surface area contributed by atoms with Crippen molar-refractivity contribution in [2.45, 2.75) is 43.8 Å². The second-order valence-corrected chi connectivity index (χ2v) is 16.1. The number of nitrogens with one attached hydrogen (secondary N) is 1. The number of nitrogens with zero attached hydrogens (tertiary/aromatic N) is 9. The van der Waals surface area contributed by atoms with Crippen LogP contribution in [0.4, 0.5) is 10.6 Å². The van der Waals surface area contributed by atoms with Gasteiger partial charge in [-0.05, 0) is 74.8 Å². The first-order valence-corrected chi connectivity index (χ1v) is 20.7. The Morgan fingerprint density at radius 1 is 0.738 bits per heavy atom. The van der Waals surface area contributed by atoms with Gasteiger partial charge in [-0.1, -0.05) is 30.3 Å². The van der Waals surface area contributed by atoms with Gasteiger partial charge in [0, 0.05) is 70.4 Å². The van der Waals surface area contributed by atoms with Crippen LogP contribution in [0.1, 0.15) is 52.4 Å². The second-order valence-electron chi connectivity index (χ2n) is 16.1. The number of benzene rings is 3. The summed E-state index contributed by atoms with van der Waals surface area (Å²) in [4.78, 5) is 79.2. The Morgan fingerprint density at radius 3 is 2.03 bits per heavy atom. The first-order chi connectivity index (χ1) is 29.6. The topological polar surface area (TPSA) is 192 Å². The third kappa shape index (κ3) is 7.89. The smallest absolute Gasteiger partial charge is 0.320 e. The molecule has 17 nitrogen and oxygen atoms in total. The molecule has 5 aliphatic rings. The molecule has 7 heterocycles. The van der Waals surface area contributed by atoms with Crippen molar-refractivity contribution < 1.29 is 28.7 Å². The van der Waals surface area contributed by atoms with E-state index in [-0.39, 0.29) is 30.8 Å². The standard InChI is InChI=1S/C31H37N9O2.C13H10N2O4/c1-36-15-17-37(18-16-36)24-19-39(20-24)31(41)38-13-11-23(12-14-38)40-30-27(29(32)33-21-34-30)28(35-40)22-7-9-26(10-8-22)42-25-5-3-2-4-6-25;16-10-6-5-9(11(17)14-10)15-12(18)7-3-1-2-4-8(7)13(15)19/h2-10,21,23-24H,11-20H2,1H3,(H2,32,33,34);1-4,9H,5-6H2,(H,14,16,17). The van der Waals surface area contributed by atoms with Crippen molar-refractivity contribution in [1.82, 2.24) is 49.6 Å². The molecule has 3 aromatic carbocycles. The number of aromatic nitrogens is 4. The number of hydrogen-bond acceptors (Lipinski definition) is 12. The highest BCUT2D eigenvalue weighted by Crippen LogP contribution is 2.36. The van der Waals surface area contributed by atoms with Crippen molar-refractivity contribution in [3.05, 3.63) is 96.3 Å². The van der Waals surface area contributed by atoms with Crippen molar-refractivity contribution in [1.29, 1.82) is 0 Å². The predicted molar refractivity (Wildman–Crippen MR) is 224 cm³/mol. The van der Waals surface area contributed by atoms with Crippen LogP contribution >= 0.6 is 0 Å². The molecule has 61 heavy (non-hydrogen) atoms. The number of nitrogens with two attached hydrogens (primary N) is 1. The van der Waals surface area contributed by atoms with E-state index in [1.54, 1.807) is 24.3 Å². The summed E-state index contributed by atoms with van der Waals surface area (Å²) in [6, 6.07) is 23.9. The molecule has 5 aliphatic heterocycles. The summed E-state index contributed by atoms with van der Waals surface area (Å²) in [6.07, 6.45) is 3.42. The van der Waals surface area contributed by atoms with Crippen molar-refractivity contribution in [3.8, 4) is 22.8 Å². The normalized spacial score (nSPS) is 20.3. The maximum atomic E-state index is 13.2. The van der Waals surface area contributed by atoms with E-state index in [0.29, 0.717) is 36.1 Å². The molecule has 0 bridgehead atoms.